The number of halogens is 1. The molecule has 126 valence electrons. The summed E-state index contributed by atoms with van der Waals surface area (Å²) in [6, 6.07) is 9.74. The number of aromatic nitrogens is 1. The molecule has 5 heteroatoms. The Balaban J connectivity index is 1.47. The van der Waals surface area contributed by atoms with Gasteiger partial charge in [0.2, 0.25) is 0 Å². The Morgan fingerprint density at radius 3 is 3.00 bits per heavy atom. The topological polar surface area (TPSA) is 45.2 Å². The van der Waals surface area contributed by atoms with E-state index in [4.69, 9.17) is 0 Å². The molecule has 1 atom stereocenters. The number of nitrogens with zero attached hydrogens (tertiary/aromatic N) is 2. The molecule has 1 fully saturated rings. The minimum atomic E-state index is -0.497. The highest BCUT2D eigenvalue weighted by Gasteiger charge is 2.24. The van der Waals surface area contributed by atoms with E-state index in [1.165, 1.54) is 23.4 Å². The van der Waals surface area contributed by atoms with E-state index < -0.39 is 5.82 Å². The summed E-state index contributed by atoms with van der Waals surface area (Å²) >= 11 is 0. The van der Waals surface area contributed by atoms with Crippen LogP contribution < -0.4 is 5.32 Å². The van der Waals surface area contributed by atoms with Crippen molar-refractivity contribution in [3.8, 4) is 0 Å². The van der Waals surface area contributed by atoms with Crippen molar-refractivity contribution in [2.24, 2.45) is 0 Å². The van der Waals surface area contributed by atoms with Crippen molar-refractivity contribution in [3.63, 3.8) is 0 Å². The third-order valence-electron chi connectivity index (χ3n) is 4.58. The van der Waals surface area contributed by atoms with Crippen molar-refractivity contribution in [1.29, 1.82) is 0 Å². The van der Waals surface area contributed by atoms with E-state index in [1.54, 1.807) is 0 Å². The average molecular weight is 327 g/mol. The predicted molar refractivity (Wildman–Crippen MR) is 91.5 cm³/mol. The maximum Gasteiger partial charge on any atom is 0.252 e. The van der Waals surface area contributed by atoms with Gasteiger partial charge in [0.05, 0.1) is 11.8 Å². The number of aryl methyl sites for hydroxylation is 1. The highest BCUT2D eigenvalue weighted by atomic mass is 19.1. The molecule has 0 aliphatic carbocycles. The van der Waals surface area contributed by atoms with Crippen molar-refractivity contribution in [2.75, 3.05) is 26.2 Å². The van der Waals surface area contributed by atoms with Gasteiger partial charge >= 0.3 is 0 Å². The van der Waals surface area contributed by atoms with Crippen LogP contribution >= 0.6 is 0 Å². The summed E-state index contributed by atoms with van der Waals surface area (Å²) < 4.78 is 13.1. The van der Waals surface area contributed by atoms with Crippen LogP contribution in [0.4, 0.5) is 4.39 Å². The molecule has 2 aromatic rings. The number of nitrogens with one attached hydrogen (secondary N) is 1. The van der Waals surface area contributed by atoms with Gasteiger partial charge in [-0.3, -0.25) is 9.78 Å². The Hall–Kier alpha value is -2.27. The zero-order valence-electron chi connectivity index (χ0n) is 13.8. The molecule has 24 heavy (non-hydrogen) atoms. The first kappa shape index (κ1) is 16.6. The molecule has 0 bridgehead atoms. The smallest absolute Gasteiger partial charge is 0.252 e. The highest BCUT2D eigenvalue weighted by molar-refractivity contribution is 5.93. The van der Waals surface area contributed by atoms with E-state index in [0.717, 1.165) is 32.3 Å². The number of amides is 1. The average Bonchev–Trinajstić information content (AvgIpc) is 3.04. The third-order valence-corrected chi connectivity index (χ3v) is 4.58. The predicted octanol–water partition coefficient (Wildman–Crippen LogP) is 2.75. The normalized spacial score (nSPS) is 17.8. The molecule has 1 aromatic carbocycles. The second-order valence-electron chi connectivity index (χ2n) is 6.29. The molecule has 1 aliphatic heterocycles. The number of benzene rings is 1. The third kappa shape index (κ3) is 3.97. The van der Waals surface area contributed by atoms with Crippen LogP contribution in [-0.2, 0) is 0 Å². The molecule has 2 heterocycles. The van der Waals surface area contributed by atoms with Gasteiger partial charge in [-0.25, -0.2) is 4.39 Å². The number of hydrogen-bond donors (Lipinski definition) is 1. The SMILES string of the molecule is Cc1ccccc1C1CCN(CCNC(=O)c2cncc(F)c2)C1. The van der Waals surface area contributed by atoms with Gasteiger partial charge < -0.3 is 10.2 Å². The molecule has 1 aromatic heterocycles. The Kier molecular flexibility index (Phi) is 5.20. The molecule has 4 nitrogen and oxygen atoms in total. The molecular weight excluding hydrogens is 305 g/mol. The lowest BCUT2D eigenvalue weighted by Gasteiger charge is -2.17. The minimum Gasteiger partial charge on any atom is -0.351 e. The molecule has 0 radical (unpaired) electrons. The van der Waals surface area contributed by atoms with Crippen LogP contribution in [0.2, 0.25) is 0 Å². The summed E-state index contributed by atoms with van der Waals surface area (Å²) in [5.74, 6) is -0.214. The number of hydrogen-bond acceptors (Lipinski definition) is 3. The second kappa shape index (κ2) is 7.53. The standard InChI is InChI=1S/C19H22FN3O/c1-14-4-2-3-5-18(14)15-6-8-23(13-15)9-7-22-19(24)16-10-17(20)12-21-11-16/h2-5,10-12,15H,6-9,13H2,1H3,(H,22,24). The Morgan fingerprint density at radius 2 is 2.21 bits per heavy atom. The fourth-order valence-corrected chi connectivity index (χ4v) is 3.30. The minimum absolute atomic E-state index is 0.259. The molecule has 1 N–H and O–H groups in total. The summed E-state index contributed by atoms with van der Waals surface area (Å²) in [4.78, 5) is 18.0. The molecule has 1 aliphatic rings. The summed E-state index contributed by atoms with van der Waals surface area (Å²) in [7, 11) is 0. The van der Waals surface area contributed by atoms with Gasteiger partial charge in [-0.15, -0.1) is 0 Å². The number of pyridine rings is 1. The van der Waals surface area contributed by atoms with Gasteiger partial charge in [-0.1, -0.05) is 24.3 Å². The lowest BCUT2D eigenvalue weighted by Crippen LogP contribution is -2.33. The molecule has 0 saturated carbocycles. The number of rotatable bonds is 5. The molecular formula is C19H22FN3O. The largest absolute Gasteiger partial charge is 0.351 e. The first-order valence-electron chi connectivity index (χ1n) is 8.30. The van der Waals surface area contributed by atoms with E-state index in [0.29, 0.717) is 12.5 Å². The first-order chi connectivity index (χ1) is 11.6. The summed E-state index contributed by atoms with van der Waals surface area (Å²) in [5.41, 5.74) is 3.03. The molecule has 0 spiro atoms. The molecule has 1 unspecified atom stereocenters. The van der Waals surface area contributed by atoms with E-state index >= 15 is 0 Å². The first-order valence-corrected chi connectivity index (χ1v) is 8.30. The monoisotopic (exact) mass is 327 g/mol. The van der Waals surface area contributed by atoms with Gasteiger partial charge in [0.15, 0.2) is 0 Å². The van der Waals surface area contributed by atoms with E-state index in [2.05, 4.69) is 46.4 Å². The fourth-order valence-electron chi connectivity index (χ4n) is 3.30. The van der Waals surface area contributed by atoms with E-state index in [9.17, 15) is 9.18 Å². The van der Waals surface area contributed by atoms with Crippen LogP contribution in [0.1, 0.15) is 33.8 Å². The van der Waals surface area contributed by atoms with Gasteiger partial charge in [0.1, 0.15) is 5.82 Å². The van der Waals surface area contributed by atoms with Crippen LogP contribution in [0.25, 0.3) is 0 Å². The summed E-state index contributed by atoms with van der Waals surface area (Å²) in [6.45, 7) is 5.57. The highest BCUT2D eigenvalue weighted by Crippen LogP contribution is 2.28. The second-order valence-corrected chi connectivity index (χ2v) is 6.29. The van der Waals surface area contributed by atoms with Crippen LogP contribution in [0, 0.1) is 12.7 Å². The Bertz CT molecular complexity index is 719. The molecule has 1 saturated heterocycles. The fraction of sp³-hybridized carbons (Fsp3) is 0.368. The van der Waals surface area contributed by atoms with Crippen molar-refractivity contribution >= 4 is 5.91 Å². The maximum absolute atomic E-state index is 13.1. The maximum atomic E-state index is 13.1. The zero-order valence-corrected chi connectivity index (χ0v) is 13.8. The molecule has 1 amide bonds. The van der Waals surface area contributed by atoms with Gasteiger partial charge in [0.25, 0.3) is 5.91 Å². The molecule has 3 rings (SSSR count). The Morgan fingerprint density at radius 1 is 1.38 bits per heavy atom. The number of carbonyl (C=O) groups is 1. The summed E-state index contributed by atoms with van der Waals surface area (Å²) in [6.07, 6.45) is 3.61. The quantitative estimate of drug-likeness (QED) is 0.918. The van der Waals surface area contributed by atoms with Crippen molar-refractivity contribution in [2.45, 2.75) is 19.3 Å². The summed E-state index contributed by atoms with van der Waals surface area (Å²) in [5, 5.41) is 2.83. The van der Waals surface area contributed by atoms with Crippen LogP contribution in [-0.4, -0.2) is 42.0 Å². The van der Waals surface area contributed by atoms with Crippen LogP contribution in [0.15, 0.2) is 42.7 Å². The van der Waals surface area contributed by atoms with Crippen molar-refractivity contribution in [3.05, 3.63) is 65.2 Å². The van der Waals surface area contributed by atoms with Crippen molar-refractivity contribution in [1.82, 2.24) is 15.2 Å². The van der Waals surface area contributed by atoms with Gasteiger partial charge in [-0.2, -0.15) is 0 Å². The van der Waals surface area contributed by atoms with E-state index in [1.807, 2.05) is 0 Å². The van der Waals surface area contributed by atoms with Crippen LogP contribution in [0.5, 0.6) is 0 Å². The lowest BCUT2D eigenvalue weighted by molar-refractivity contribution is 0.0949. The number of carbonyl (C=O) groups excluding carboxylic acids is 1. The van der Waals surface area contributed by atoms with Gasteiger partial charge in [0, 0.05) is 25.8 Å². The Labute approximate surface area is 141 Å². The van der Waals surface area contributed by atoms with Gasteiger partial charge in [-0.05, 0) is 43.0 Å². The lowest BCUT2D eigenvalue weighted by atomic mass is 9.94. The zero-order chi connectivity index (χ0) is 16.9. The number of likely N-dealkylation sites (tertiary alicyclic amines) is 1. The van der Waals surface area contributed by atoms with E-state index in [-0.39, 0.29) is 11.5 Å². The van der Waals surface area contributed by atoms with Crippen molar-refractivity contribution < 1.29 is 9.18 Å². The van der Waals surface area contributed by atoms with Crippen LogP contribution in [0.3, 0.4) is 0 Å².